The number of halogens is 1. The van der Waals surface area contributed by atoms with Crippen LogP contribution in [0.5, 0.6) is 5.75 Å². The molecule has 0 aromatic heterocycles. The van der Waals surface area contributed by atoms with Crippen molar-refractivity contribution in [3.8, 4) is 5.75 Å². The second kappa shape index (κ2) is 8.77. The largest absolute Gasteiger partial charge is 0.497 e. The van der Waals surface area contributed by atoms with Crippen molar-refractivity contribution in [3.63, 3.8) is 0 Å². The van der Waals surface area contributed by atoms with Gasteiger partial charge in [-0.1, -0.05) is 29.3 Å². The summed E-state index contributed by atoms with van der Waals surface area (Å²) in [6, 6.07) is 16.1. The number of hydrogen-bond acceptors (Lipinski definition) is 4. The Hall–Kier alpha value is -3.03. The van der Waals surface area contributed by atoms with Crippen LogP contribution >= 0.6 is 11.6 Å². The first-order chi connectivity index (χ1) is 14.2. The Morgan fingerprint density at radius 2 is 1.67 bits per heavy atom. The molecule has 156 valence electrons. The van der Waals surface area contributed by atoms with E-state index in [0.29, 0.717) is 11.4 Å². The van der Waals surface area contributed by atoms with Crippen LogP contribution in [-0.4, -0.2) is 21.4 Å². The van der Waals surface area contributed by atoms with Crippen molar-refractivity contribution in [1.82, 2.24) is 0 Å². The van der Waals surface area contributed by atoms with Crippen molar-refractivity contribution < 1.29 is 17.9 Å². The molecule has 0 saturated carbocycles. The minimum absolute atomic E-state index is 0.0797. The van der Waals surface area contributed by atoms with Crippen LogP contribution < -0.4 is 14.8 Å². The summed E-state index contributed by atoms with van der Waals surface area (Å²) in [6.45, 7) is 3.88. The van der Waals surface area contributed by atoms with Crippen LogP contribution in [0, 0.1) is 13.8 Å². The molecular formula is C22H21ClN2O4S. The molecule has 8 heteroatoms. The van der Waals surface area contributed by atoms with E-state index in [1.165, 1.54) is 37.4 Å². The fraction of sp³-hybridized carbons (Fsp3) is 0.136. The number of benzene rings is 3. The molecule has 6 nitrogen and oxygen atoms in total. The van der Waals surface area contributed by atoms with Crippen molar-refractivity contribution in [2.24, 2.45) is 0 Å². The minimum atomic E-state index is -3.81. The van der Waals surface area contributed by atoms with E-state index >= 15 is 0 Å². The molecule has 3 aromatic carbocycles. The first-order valence-corrected chi connectivity index (χ1v) is 10.9. The summed E-state index contributed by atoms with van der Waals surface area (Å²) in [5.74, 6) is 0.174. The fourth-order valence-corrected chi connectivity index (χ4v) is 4.19. The third-order valence-corrected chi connectivity index (χ3v) is 6.18. The van der Waals surface area contributed by atoms with Crippen molar-refractivity contribution in [2.45, 2.75) is 18.7 Å². The lowest BCUT2D eigenvalue weighted by Gasteiger charge is -2.12. The Morgan fingerprint density at radius 1 is 0.967 bits per heavy atom. The number of rotatable bonds is 6. The zero-order chi connectivity index (χ0) is 21.9. The number of nitrogens with one attached hydrogen (secondary N) is 2. The van der Waals surface area contributed by atoms with Crippen LogP contribution in [0.1, 0.15) is 21.5 Å². The molecule has 0 radical (unpaired) electrons. The molecular weight excluding hydrogens is 424 g/mol. The molecule has 0 fully saturated rings. The number of anilines is 2. The third kappa shape index (κ3) is 4.93. The lowest BCUT2D eigenvalue weighted by molar-refractivity contribution is 0.102. The van der Waals surface area contributed by atoms with E-state index in [4.69, 9.17) is 16.3 Å². The molecule has 2 N–H and O–H groups in total. The Kier molecular flexibility index (Phi) is 6.34. The highest BCUT2D eigenvalue weighted by Gasteiger charge is 2.17. The maximum Gasteiger partial charge on any atom is 0.261 e. The van der Waals surface area contributed by atoms with Crippen LogP contribution in [0.4, 0.5) is 11.4 Å². The van der Waals surface area contributed by atoms with E-state index in [9.17, 15) is 13.2 Å². The first kappa shape index (κ1) is 21.7. The molecule has 0 aliphatic rings. The maximum absolute atomic E-state index is 12.6. The molecule has 0 aliphatic heterocycles. The maximum atomic E-state index is 12.6. The number of carbonyl (C=O) groups is 1. The summed E-state index contributed by atoms with van der Waals surface area (Å²) >= 11 is 6.26. The Labute approximate surface area is 180 Å². The Morgan fingerprint density at radius 3 is 2.27 bits per heavy atom. The molecule has 0 atom stereocenters. The molecule has 0 bridgehead atoms. The molecule has 0 heterocycles. The van der Waals surface area contributed by atoms with Crippen LogP contribution in [-0.2, 0) is 10.0 Å². The molecule has 0 saturated heterocycles. The first-order valence-electron chi connectivity index (χ1n) is 9.04. The topological polar surface area (TPSA) is 84.5 Å². The number of aryl methyl sites for hydroxylation is 2. The zero-order valence-electron chi connectivity index (χ0n) is 16.7. The van der Waals surface area contributed by atoms with E-state index < -0.39 is 10.0 Å². The van der Waals surface area contributed by atoms with Crippen LogP contribution in [0.3, 0.4) is 0 Å². The van der Waals surface area contributed by atoms with Gasteiger partial charge >= 0.3 is 0 Å². The number of sulfonamides is 1. The molecule has 0 aliphatic carbocycles. The standard InChI is InChI=1S/C22H21ClN2O4S/c1-14-4-11-21(15(2)12-14)24-22(26)19-10-5-16(13-20(19)23)25-30(27,28)18-8-6-17(29-3)7-9-18/h4-13,25H,1-3H3,(H,24,26). The molecule has 3 aromatic rings. The predicted molar refractivity (Wildman–Crippen MR) is 119 cm³/mol. The summed E-state index contributed by atoms with van der Waals surface area (Å²) in [5, 5.41) is 2.96. The highest BCUT2D eigenvalue weighted by atomic mass is 35.5. The summed E-state index contributed by atoms with van der Waals surface area (Å²) in [4.78, 5) is 12.7. The van der Waals surface area contributed by atoms with E-state index in [0.717, 1.165) is 11.1 Å². The predicted octanol–water partition coefficient (Wildman–Crippen LogP) is 5.02. The van der Waals surface area contributed by atoms with E-state index in [2.05, 4.69) is 10.0 Å². The highest BCUT2D eigenvalue weighted by molar-refractivity contribution is 7.92. The minimum Gasteiger partial charge on any atom is -0.497 e. The fourth-order valence-electron chi connectivity index (χ4n) is 2.88. The van der Waals surface area contributed by atoms with Gasteiger partial charge in [0.15, 0.2) is 0 Å². The SMILES string of the molecule is COc1ccc(S(=O)(=O)Nc2ccc(C(=O)Nc3ccc(C)cc3C)c(Cl)c2)cc1. The van der Waals surface area contributed by atoms with Gasteiger partial charge in [-0.05, 0) is 67.9 Å². The van der Waals surface area contributed by atoms with Crippen LogP contribution in [0.15, 0.2) is 65.6 Å². The van der Waals surface area contributed by atoms with Gasteiger partial charge in [-0.3, -0.25) is 9.52 Å². The van der Waals surface area contributed by atoms with Crippen LogP contribution in [0.25, 0.3) is 0 Å². The number of hydrogen-bond donors (Lipinski definition) is 2. The van der Waals surface area contributed by atoms with Crippen molar-refractivity contribution in [1.29, 1.82) is 0 Å². The summed E-state index contributed by atoms with van der Waals surface area (Å²) in [5.41, 5.74) is 3.20. The normalized spacial score (nSPS) is 11.1. The van der Waals surface area contributed by atoms with E-state index in [1.807, 2.05) is 32.0 Å². The van der Waals surface area contributed by atoms with Crippen molar-refractivity contribution in [3.05, 3.63) is 82.4 Å². The summed E-state index contributed by atoms with van der Waals surface area (Å²) in [7, 11) is -2.31. The average Bonchev–Trinajstić information content (AvgIpc) is 2.70. The van der Waals surface area contributed by atoms with Gasteiger partial charge < -0.3 is 10.1 Å². The molecule has 0 unspecified atom stereocenters. The smallest absolute Gasteiger partial charge is 0.261 e. The van der Waals surface area contributed by atoms with Gasteiger partial charge in [0.1, 0.15) is 5.75 Å². The average molecular weight is 445 g/mol. The molecule has 30 heavy (non-hydrogen) atoms. The van der Waals surface area contributed by atoms with Gasteiger partial charge in [0.05, 0.1) is 28.3 Å². The molecule has 0 spiro atoms. The van der Waals surface area contributed by atoms with E-state index in [-0.39, 0.29) is 27.1 Å². The molecule has 1 amide bonds. The Bertz CT molecular complexity index is 1190. The van der Waals surface area contributed by atoms with Gasteiger partial charge in [0, 0.05) is 5.69 Å². The summed E-state index contributed by atoms with van der Waals surface area (Å²) < 4.78 is 32.6. The van der Waals surface area contributed by atoms with Crippen molar-refractivity contribution >= 4 is 38.9 Å². The highest BCUT2D eigenvalue weighted by Crippen LogP contribution is 2.25. The zero-order valence-corrected chi connectivity index (χ0v) is 18.3. The second-order valence-corrected chi connectivity index (χ2v) is 8.84. The quantitative estimate of drug-likeness (QED) is 0.559. The van der Waals surface area contributed by atoms with Crippen LogP contribution in [0.2, 0.25) is 5.02 Å². The number of methoxy groups -OCH3 is 1. The van der Waals surface area contributed by atoms with Gasteiger partial charge in [0.2, 0.25) is 0 Å². The summed E-state index contributed by atoms with van der Waals surface area (Å²) in [6.07, 6.45) is 0. The third-order valence-electron chi connectivity index (χ3n) is 4.47. The Balaban J connectivity index is 1.78. The monoisotopic (exact) mass is 444 g/mol. The lowest BCUT2D eigenvalue weighted by atomic mass is 10.1. The van der Waals surface area contributed by atoms with Gasteiger partial charge in [-0.2, -0.15) is 0 Å². The van der Waals surface area contributed by atoms with Gasteiger partial charge in [-0.25, -0.2) is 8.42 Å². The van der Waals surface area contributed by atoms with Crippen molar-refractivity contribution in [2.75, 3.05) is 17.1 Å². The number of amides is 1. The van der Waals surface area contributed by atoms with Gasteiger partial charge in [-0.15, -0.1) is 0 Å². The lowest BCUT2D eigenvalue weighted by Crippen LogP contribution is -2.15. The number of carbonyl (C=O) groups excluding carboxylic acids is 1. The second-order valence-electron chi connectivity index (χ2n) is 6.75. The van der Waals surface area contributed by atoms with Gasteiger partial charge in [0.25, 0.3) is 15.9 Å². The van der Waals surface area contributed by atoms with E-state index in [1.54, 1.807) is 12.1 Å². The number of ether oxygens (including phenoxy) is 1. The molecule has 3 rings (SSSR count).